The Morgan fingerprint density at radius 3 is 1.09 bits per heavy atom. The summed E-state index contributed by atoms with van der Waals surface area (Å²) in [6.45, 7) is 3.57. The normalized spacial score (nSPS) is 14.9. The third kappa shape index (κ3) is 16.4. The molecule has 4 amide bonds. The second-order valence-electron chi connectivity index (χ2n) is 9.07. The first kappa shape index (κ1) is 43.6. The zero-order valence-electron chi connectivity index (χ0n) is 24.7. The average molecular weight is 787 g/mol. The van der Waals surface area contributed by atoms with E-state index in [1.807, 2.05) is 0 Å². The maximum Gasteiger partial charge on any atom is 0.259 e. The number of hydrazine groups is 2. The lowest BCUT2D eigenvalue weighted by Gasteiger charge is -2.31. The van der Waals surface area contributed by atoms with Gasteiger partial charge in [0.15, 0.2) is 19.7 Å². The molecule has 258 valence electrons. The molecule has 0 spiro atoms. The van der Waals surface area contributed by atoms with Crippen LogP contribution in [-0.4, -0.2) is 134 Å². The molecule has 0 radical (unpaired) electrons. The molecule has 0 aromatic carbocycles. The number of rotatable bonds is 23. The minimum atomic E-state index is -4.20. The first-order valence-corrected chi connectivity index (χ1v) is 21.5. The Morgan fingerprint density at radius 2 is 0.886 bits per heavy atom. The van der Waals surface area contributed by atoms with Gasteiger partial charge in [-0.3, -0.25) is 30.0 Å². The van der Waals surface area contributed by atoms with Crippen LogP contribution in [0.5, 0.6) is 0 Å². The Kier molecular flexibility index (Phi) is 22.0. The van der Waals surface area contributed by atoms with E-state index in [1.165, 1.54) is 23.9 Å². The van der Waals surface area contributed by atoms with Crippen molar-refractivity contribution in [3.8, 4) is 0 Å². The lowest BCUT2D eigenvalue weighted by Crippen LogP contribution is -2.59. The molecule has 4 unspecified atom stereocenters. The maximum absolute atomic E-state index is 13.3. The standard InChI is InChI=1S/C22H40Cl4N6O8S4/c1-5-15(33)27-17(19(35)29-31(11-7-23)12-8-24)21(43(3,37)38)41-42-22(44(4,39)40)18(28-16(34)6-2)20(36)30-32(13-9-25)14-10-26/h17-18,21-22H,5-14H2,1-4H3,(H,27,33)(H,28,34)(H,29,35)(H,30,36). The summed E-state index contributed by atoms with van der Waals surface area (Å²) < 4.78 is 48.6. The van der Waals surface area contributed by atoms with Crippen LogP contribution in [0.2, 0.25) is 0 Å². The van der Waals surface area contributed by atoms with Crippen LogP contribution in [0.3, 0.4) is 0 Å². The molecule has 22 heteroatoms. The molecule has 0 rings (SSSR count). The summed E-state index contributed by atoms with van der Waals surface area (Å²) in [7, 11) is -7.51. The van der Waals surface area contributed by atoms with E-state index in [9.17, 15) is 36.0 Å². The van der Waals surface area contributed by atoms with E-state index < -0.39 is 64.6 Å². The van der Waals surface area contributed by atoms with Crippen molar-refractivity contribution in [2.75, 3.05) is 62.2 Å². The Bertz CT molecular complexity index is 1060. The highest BCUT2D eigenvalue weighted by molar-refractivity contribution is 8.79. The summed E-state index contributed by atoms with van der Waals surface area (Å²) in [6.07, 6.45) is 1.44. The van der Waals surface area contributed by atoms with Crippen molar-refractivity contribution in [3.05, 3.63) is 0 Å². The fourth-order valence-corrected chi connectivity index (χ4v) is 12.1. The van der Waals surface area contributed by atoms with Crippen LogP contribution >= 0.6 is 68.0 Å². The van der Waals surface area contributed by atoms with Gasteiger partial charge in [-0.2, -0.15) is 0 Å². The SMILES string of the molecule is CCC(=O)NC(C(=O)NN(CCCl)CCCl)C(SSC(C(NC(=O)CC)C(=O)NN(CCCl)CCCl)S(C)(=O)=O)S(C)(=O)=O. The summed E-state index contributed by atoms with van der Waals surface area (Å²) in [5.41, 5.74) is 4.99. The topological polar surface area (TPSA) is 191 Å². The van der Waals surface area contributed by atoms with Crippen molar-refractivity contribution < 1.29 is 36.0 Å². The molecule has 0 saturated heterocycles. The summed E-state index contributed by atoms with van der Waals surface area (Å²) in [6, 6.07) is -3.41. The monoisotopic (exact) mass is 784 g/mol. The second kappa shape index (κ2) is 22.2. The van der Waals surface area contributed by atoms with Gasteiger partial charge >= 0.3 is 0 Å². The van der Waals surface area contributed by atoms with Crippen LogP contribution in [-0.2, 0) is 38.9 Å². The van der Waals surface area contributed by atoms with Crippen LogP contribution in [0.15, 0.2) is 0 Å². The highest BCUT2D eigenvalue weighted by Crippen LogP contribution is 2.39. The average Bonchev–Trinajstić information content (AvgIpc) is 2.92. The summed E-state index contributed by atoms with van der Waals surface area (Å²) >= 11 is 23.2. The van der Waals surface area contributed by atoms with Gasteiger partial charge in [0.05, 0.1) is 0 Å². The lowest BCUT2D eigenvalue weighted by molar-refractivity contribution is -0.131. The molecule has 0 fully saturated rings. The predicted octanol–water partition coefficient (Wildman–Crippen LogP) is 0.520. The van der Waals surface area contributed by atoms with Gasteiger partial charge in [-0.05, 0) is 0 Å². The molecule has 0 aliphatic rings. The number of alkyl halides is 4. The maximum atomic E-state index is 13.3. The molecule has 4 atom stereocenters. The Morgan fingerprint density at radius 1 is 0.614 bits per heavy atom. The number of sulfone groups is 2. The number of hydrogen-bond donors (Lipinski definition) is 4. The van der Waals surface area contributed by atoms with Gasteiger partial charge in [0.1, 0.15) is 21.2 Å². The fourth-order valence-electron chi connectivity index (χ4n) is 3.23. The van der Waals surface area contributed by atoms with Gasteiger partial charge in [0.25, 0.3) is 11.8 Å². The van der Waals surface area contributed by atoms with Crippen molar-refractivity contribution in [1.29, 1.82) is 0 Å². The molecule has 4 N–H and O–H groups in total. The Balaban J connectivity index is 6.64. The van der Waals surface area contributed by atoms with Crippen molar-refractivity contribution in [1.82, 2.24) is 31.5 Å². The number of halogens is 4. The molecule has 0 aliphatic heterocycles. The van der Waals surface area contributed by atoms with E-state index in [-0.39, 0.29) is 62.5 Å². The van der Waals surface area contributed by atoms with E-state index in [0.717, 1.165) is 12.5 Å². The van der Waals surface area contributed by atoms with Crippen LogP contribution in [0.4, 0.5) is 0 Å². The van der Waals surface area contributed by atoms with E-state index in [1.54, 1.807) is 0 Å². The van der Waals surface area contributed by atoms with Crippen molar-refractivity contribution in [2.24, 2.45) is 0 Å². The highest BCUT2D eigenvalue weighted by Gasteiger charge is 2.43. The van der Waals surface area contributed by atoms with Crippen molar-refractivity contribution in [3.63, 3.8) is 0 Å². The van der Waals surface area contributed by atoms with Gasteiger partial charge in [0.2, 0.25) is 11.8 Å². The largest absolute Gasteiger partial charge is 0.342 e. The predicted molar refractivity (Wildman–Crippen MR) is 179 cm³/mol. The quantitative estimate of drug-likeness (QED) is 0.0640. The summed E-state index contributed by atoms with van der Waals surface area (Å²) in [5, 5.41) is 7.46. The second-order valence-corrected chi connectivity index (χ2v) is 18.1. The van der Waals surface area contributed by atoms with Gasteiger partial charge in [-0.15, -0.1) is 46.4 Å². The molecular formula is C22H40Cl4N6O8S4. The molecule has 0 aliphatic carbocycles. The molecule has 0 heterocycles. The summed E-state index contributed by atoms with van der Waals surface area (Å²) in [5.74, 6) is -2.77. The number of amides is 4. The van der Waals surface area contributed by atoms with E-state index >= 15 is 0 Å². The molecule has 0 saturated carbocycles. The smallest absolute Gasteiger partial charge is 0.259 e. The number of carbonyl (C=O) groups excluding carboxylic acids is 4. The molecule has 44 heavy (non-hydrogen) atoms. The van der Waals surface area contributed by atoms with Crippen LogP contribution in [0.25, 0.3) is 0 Å². The summed E-state index contributed by atoms with van der Waals surface area (Å²) in [4.78, 5) is 51.4. The molecular weight excluding hydrogens is 746 g/mol. The Hall–Kier alpha value is -0.440. The fraction of sp³-hybridized carbons (Fsp3) is 0.818. The van der Waals surface area contributed by atoms with Gasteiger partial charge < -0.3 is 10.6 Å². The van der Waals surface area contributed by atoms with Crippen LogP contribution in [0, 0.1) is 0 Å². The first-order valence-electron chi connectivity index (χ1n) is 13.1. The molecule has 0 aromatic heterocycles. The molecule has 0 aromatic rings. The number of nitrogens with zero attached hydrogens (tertiary/aromatic N) is 2. The highest BCUT2D eigenvalue weighted by atomic mass is 35.5. The zero-order valence-corrected chi connectivity index (χ0v) is 31.0. The third-order valence-corrected chi connectivity index (χ3v) is 14.4. The number of nitrogens with one attached hydrogen (secondary N) is 4. The van der Waals surface area contributed by atoms with Gasteiger partial charge in [-0.25, -0.2) is 26.9 Å². The number of carbonyl (C=O) groups is 4. The van der Waals surface area contributed by atoms with E-state index in [4.69, 9.17) is 46.4 Å². The number of hydrogen-bond acceptors (Lipinski definition) is 12. The van der Waals surface area contributed by atoms with Crippen molar-refractivity contribution >= 4 is 111 Å². The van der Waals surface area contributed by atoms with E-state index in [0.29, 0.717) is 21.6 Å². The lowest BCUT2D eigenvalue weighted by atomic mass is 10.3. The minimum absolute atomic E-state index is 0.0937. The zero-order chi connectivity index (χ0) is 34.1. The first-order chi connectivity index (χ1) is 20.5. The third-order valence-electron chi connectivity index (χ3n) is 5.43. The molecule has 14 nitrogen and oxygen atoms in total. The van der Waals surface area contributed by atoms with Crippen LogP contribution in [0.1, 0.15) is 26.7 Å². The minimum Gasteiger partial charge on any atom is -0.342 e. The Labute approximate surface area is 287 Å². The van der Waals surface area contributed by atoms with Gasteiger partial charge in [0, 0.05) is 75.1 Å². The van der Waals surface area contributed by atoms with E-state index in [2.05, 4.69) is 21.5 Å². The van der Waals surface area contributed by atoms with Gasteiger partial charge in [-0.1, -0.05) is 35.4 Å². The molecule has 0 bridgehead atoms. The van der Waals surface area contributed by atoms with Crippen LogP contribution < -0.4 is 21.5 Å². The van der Waals surface area contributed by atoms with Crippen molar-refractivity contribution in [2.45, 2.75) is 47.9 Å².